The van der Waals surface area contributed by atoms with Gasteiger partial charge in [0.05, 0.1) is 0 Å². The summed E-state index contributed by atoms with van der Waals surface area (Å²) in [7, 11) is 0. The lowest BCUT2D eigenvalue weighted by atomic mass is 9.89. The maximum absolute atomic E-state index is 11.2. The Bertz CT molecular complexity index is 360. The number of carbonyl (C=O) groups is 1. The molecule has 1 unspecified atom stereocenters. The molecule has 0 aliphatic heterocycles. The molecule has 1 aliphatic rings. The van der Waals surface area contributed by atoms with E-state index in [0.717, 1.165) is 5.56 Å². The number of aryl methyl sites for hydroxylation is 1. The molecule has 0 amide bonds. The van der Waals surface area contributed by atoms with Crippen LogP contribution in [-0.4, -0.2) is 10.9 Å². The molecule has 0 heterocycles. The molecule has 13 heavy (non-hydrogen) atoms. The smallest absolute Gasteiger partial charge is 0.166 e. The molecule has 0 saturated heterocycles. The molecule has 1 N–H and O–H groups in total. The third-order valence-electron chi connectivity index (χ3n) is 2.35. The van der Waals surface area contributed by atoms with E-state index >= 15 is 0 Å². The second kappa shape index (κ2) is 3.13. The summed E-state index contributed by atoms with van der Waals surface area (Å²) >= 11 is 5.79. The van der Waals surface area contributed by atoms with Gasteiger partial charge in [0.15, 0.2) is 5.78 Å². The van der Waals surface area contributed by atoms with E-state index in [2.05, 4.69) is 0 Å². The number of hydrogen-bond acceptors (Lipinski definition) is 2. The van der Waals surface area contributed by atoms with Crippen molar-refractivity contribution in [1.29, 1.82) is 0 Å². The molecule has 0 bridgehead atoms. The number of aliphatic hydroxyl groups is 1. The van der Waals surface area contributed by atoms with Gasteiger partial charge in [-0.2, -0.15) is 0 Å². The van der Waals surface area contributed by atoms with Gasteiger partial charge in [0.2, 0.25) is 0 Å². The highest BCUT2D eigenvalue weighted by atomic mass is 35.5. The maximum Gasteiger partial charge on any atom is 0.166 e. The lowest BCUT2D eigenvalue weighted by Gasteiger charge is -2.19. The molecule has 2 rings (SSSR count). The molecule has 0 fully saturated rings. The lowest BCUT2D eigenvalue weighted by molar-refractivity contribution is -0.128. The van der Waals surface area contributed by atoms with Crippen LogP contribution in [0.15, 0.2) is 18.2 Å². The first-order valence-electron chi connectivity index (χ1n) is 4.17. The molecule has 1 aliphatic carbocycles. The normalized spacial score (nSPS) is 21.4. The Morgan fingerprint density at radius 2 is 2.15 bits per heavy atom. The van der Waals surface area contributed by atoms with Crippen molar-refractivity contribution in [3.8, 4) is 0 Å². The van der Waals surface area contributed by atoms with Crippen molar-refractivity contribution in [2.75, 3.05) is 0 Å². The Hall–Kier alpha value is -0.860. The number of ketones is 1. The zero-order valence-electron chi connectivity index (χ0n) is 6.96. The van der Waals surface area contributed by atoms with E-state index in [1.54, 1.807) is 12.1 Å². The van der Waals surface area contributed by atoms with Crippen LogP contribution in [0.3, 0.4) is 0 Å². The van der Waals surface area contributed by atoms with Crippen molar-refractivity contribution in [2.24, 2.45) is 0 Å². The van der Waals surface area contributed by atoms with Crippen LogP contribution in [0.5, 0.6) is 0 Å². The van der Waals surface area contributed by atoms with Crippen LogP contribution in [0, 0.1) is 0 Å². The number of carbonyl (C=O) groups excluding carboxylic acids is 1. The van der Waals surface area contributed by atoms with Crippen LogP contribution in [0.25, 0.3) is 0 Å². The minimum atomic E-state index is -0.944. The maximum atomic E-state index is 11.2. The van der Waals surface area contributed by atoms with Gasteiger partial charge in [-0.15, -0.1) is 0 Å². The Balaban J connectivity index is 2.49. The summed E-state index contributed by atoms with van der Waals surface area (Å²) in [6.45, 7) is 0. The fraction of sp³-hybridized carbons (Fsp3) is 0.300. The van der Waals surface area contributed by atoms with Gasteiger partial charge in [-0.25, -0.2) is 0 Å². The Labute approximate surface area is 81.1 Å². The highest BCUT2D eigenvalue weighted by Gasteiger charge is 2.24. The van der Waals surface area contributed by atoms with Gasteiger partial charge in [-0.3, -0.25) is 4.79 Å². The first kappa shape index (κ1) is 8.73. The van der Waals surface area contributed by atoms with Crippen LogP contribution in [-0.2, 0) is 11.2 Å². The monoisotopic (exact) mass is 196 g/mol. The summed E-state index contributed by atoms with van der Waals surface area (Å²) in [6, 6.07) is 5.23. The predicted molar refractivity (Wildman–Crippen MR) is 49.7 cm³/mol. The summed E-state index contributed by atoms with van der Waals surface area (Å²) < 4.78 is 0. The van der Waals surface area contributed by atoms with Gasteiger partial charge in [0.25, 0.3) is 0 Å². The fourth-order valence-electron chi connectivity index (χ4n) is 1.63. The average molecular weight is 197 g/mol. The molecule has 0 saturated carbocycles. The Morgan fingerprint density at radius 1 is 1.38 bits per heavy atom. The van der Waals surface area contributed by atoms with E-state index in [-0.39, 0.29) is 5.78 Å². The second-order valence-electron chi connectivity index (χ2n) is 3.21. The lowest BCUT2D eigenvalue weighted by Crippen LogP contribution is -2.19. The van der Waals surface area contributed by atoms with Crippen molar-refractivity contribution in [1.82, 2.24) is 0 Å². The number of Topliss-reactive ketones (excluding diaryl/α,β-unsaturated/α-hetero) is 1. The molecular formula is C10H9ClO2. The van der Waals surface area contributed by atoms with Gasteiger partial charge < -0.3 is 5.11 Å². The summed E-state index contributed by atoms with van der Waals surface area (Å²) in [4.78, 5) is 11.2. The first-order valence-corrected chi connectivity index (χ1v) is 4.55. The van der Waals surface area contributed by atoms with E-state index in [1.807, 2.05) is 6.07 Å². The Kier molecular flexibility index (Phi) is 2.10. The molecule has 0 spiro atoms. The minimum absolute atomic E-state index is 0.102. The largest absolute Gasteiger partial charge is 0.381 e. The van der Waals surface area contributed by atoms with Gasteiger partial charge in [0, 0.05) is 11.4 Å². The molecule has 0 aromatic heterocycles. The predicted octanol–water partition coefficient (Wildman–Crippen LogP) is 1.89. The topological polar surface area (TPSA) is 37.3 Å². The standard InChI is InChI=1S/C10H9ClO2/c11-7-2-3-8-6(5-7)1-4-9(12)10(8)13/h2-3,5,10,13H,1,4H2. The number of aliphatic hydroxyl groups excluding tert-OH is 1. The molecule has 68 valence electrons. The zero-order chi connectivity index (χ0) is 9.42. The van der Waals surface area contributed by atoms with E-state index in [4.69, 9.17) is 11.6 Å². The van der Waals surface area contributed by atoms with Crippen molar-refractivity contribution < 1.29 is 9.90 Å². The number of halogens is 1. The molecular weight excluding hydrogens is 188 g/mol. The fourth-order valence-corrected chi connectivity index (χ4v) is 1.82. The quantitative estimate of drug-likeness (QED) is 0.688. The third kappa shape index (κ3) is 1.47. The molecule has 3 heteroatoms. The van der Waals surface area contributed by atoms with Crippen LogP contribution in [0.4, 0.5) is 0 Å². The van der Waals surface area contributed by atoms with Gasteiger partial charge in [-0.1, -0.05) is 17.7 Å². The highest BCUT2D eigenvalue weighted by molar-refractivity contribution is 6.30. The Morgan fingerprint density at radius 3 is 2.92 bits per heavy atom. The summed E-state index contributed by atoms with van der Waals surface area (Å²) in [6.07, 6.45) is 0.154. The number of hydrogen-bond donors (Lipinski definition) is 1. The molecule has 2 nitrogen and oxygen atoms in total. The first-order chi connectivity index (χ1) is 6.18. The van der Waals surface area contributed by atoms with E-state index in [9.17, 15) is 9.90 Å². The second-order valence-corrected chi connectivity index (χ2v) is 3.65. The summed E-state index contributed by atoms with van der Waals surface area (Å²) in [5.74, 6) is -0.102. The van der Waals surface area contributed by atoms with E-state index < -0.39 is 6.10 Å². The minimum Gasteiger partial charge on any atom is -0.381 e. The number of rotatable bonds is 0. The van der Waals surface area contributed by atoms with Gasteiger partial charge >= 0.3 is 0 Å². The average Bonchev–Trinajstić information content (AvgIpc) is 2.12. The molecule has 0 radical (unpaired) electrons. The van der Waals surface area contributed by atoms with Gasteiger partial charge in [0.1, 0.15) is 6.10 Å². The number of fused-ring (bicyclic) bond motifs is 1. The van der Waals surface area contributed by atoms with Crippen LogP contribution >= 0.6 is 11.6 Å². The molecule has 1 aromatic rings. The third-order valence-corrected chi connectivity index (χ3v) is 2.58. The van der Waals surface area contributed by atoms with Gasteiger partial charge in [-0.05, 0) is 29.7 Å². The summed E-state index contributed by atoms with van der Waals surface area (Å²) in [5.41, 5.74) is 1.69. The van der Waals surface area contributed by atoms with E-state index in [1.165, 1.54) is 0 Å². The highest BCUT2D eigenvalue weighted by Crippen LogP contribution is 2.28. The van der Waals surface area contributed by atoms with Crippen molar-refractivity contribution in [2.45, 2.75) is 18.9 Å². The van der Waals surface area contributed by atoms with Crippen LogP contribution < -0.4 is 0 Å². The van der Waals surface area contributed by atoms with Crippen LogP contribution in [0.2, 0.25) is 5.02 Å². The number of benzene rings is 1. The zero-order valence-corrected chi connectivity index (χ0v) is 7.71. The molecule has 1 aromatic carbocycles. The SMILES string of the molecule is O=C1CCc2cc(Cl)ccc2C1O. The summed E-state index contributed by atoms with van der Waals surface area (Å²) in [5, 5.41) is 10.2. The van der Waals surface area contributed by atoms with Crippen molar-refractivity contribution in [3.63, 3.8) is 0 Å². The molecule has 1 atom stereocenters. The van der Waals surface area contributed by atoms with Crippen molar-refractivity contribution in [3.05, 3.63) is 34.3 Å². The van der Waals surface area contributed by atoms with E-state index in [0.29, 0.717) is 23.4 Å². The van der Waals surface area contributed by atoms with Crippen LogP contribution in [0.1, 0.15) is 23.7 Å². The van der Waals surface area contributed by atoms with Crippen molar-refractivity contribution >= 4 is 17.4 Å².